The van der Waals surface area contributed by atoms with E-state index in [-0.39, 0.29) is 0 Å². The zero-order valence-electron chi connectivity index (χ0n) is 5.68. The van der Waals surface area contributed by atoms with Crippen LogP contribution in [0, 0.1) is 0 Å². The van der Waals surface area contributed by atoms with Crippen LogP contribution in [0.1, 0.15) is 20.8 Å². The fourth-order valence-corrected chi connectivity index (χ4v) is 0.264. The monoisotopic (exact) mass is 112 g/mol. The lowest BCUT2D eigenvalue weighted by molar-refractivity contribution is 1.07. The van der Waals surface area contributed by atoms with Crippen LogP contribution in [-0.4, -0.2) is 18.6 Å². The molecule has 0 aromatic carbocycles. The van der Waals surface area contributed by atoms with Gasteiger partial charge in [-0.3, -0.25) is 9.98 Å². The molecule has 8 heavy (non-hydrogen) atoms. The van der Waals surface area contributed by atoms with E-state index in [1.54, 1.807) is 6.21 Å². The molecule has 0 rings (SSSR count). The standard InChI is InChI=1S/C6H12N2/c1-4-7-5-8-6(2)3/h4H,5H2,1-3H3. The van der Waals surface area contributed by atoms with E-state index in [1.165, 1.54) is 0 Å². The Bertz CT molecular complexity index is 99.1. The molecule has 0 aliphatic heterocycles. The summed E-state index contributed by atoms with van der Waals surface area (Å²) in [5.74, 6) is 0. The molecular weight excluding hydrogens is 100 g/mol. The Morgan fingerprint density at radius 3 is 2.50 bits per heavy atom. The average Bonchev–Trinajstić information content (AvgIpc) is 1.66. The average molecular weight is 112 g/mol. The molecule has 0 radical (unpaired) electrons. The van der Waals surface area contributed by atoms with Gasteiger partial charge in [-0.25, -0.2) is 0 Å². The molecule has 0 saturated carbocycles. The fraction of sp³-hybridized carbons (Fsp3) is 0.667. The second-order valence-corrected chi connectivity index (χ2v) is 1.69. The first-order valence-corrected chi connectivity index (χ1v) is 2.69. The van der Waals surface area contributed by atoms with Crippen molar-refractivity contribution in [2.45, 2.75) is 20.8 Å². The molecule has 2 heteroatoms. The number of hydrogen-bond acceptors (Lipinski definition) is 2. The molecule has 0 bridgehead atoms. The van der Waals surface area contributed by atoms with Crippen molar-refractivity contribution in [2.75, 3.05) is 6.67 Å². The maximum atomic E-state index is 4.03. The van der Waals surface area contributed by atoms with Gasteiger partial charge in [-0.05, 0) is 27.0 Å². The number of nitrogens with zero attached hydrogens (tertiary/aromatic N) is 2. The first-order chi connectivity index (χ1) is 3.77. The number of hydrogen-bond donors (Lipinski definition) is 0. The van der Waals surface area contributed by atoms with Gasteiger partial charge < -0.3 is 0 Å². The topological polar surface area (TPSA) is 24.7 Å². The van der Waals surface area contributed by atoms with Crippen LogP contribution in [0.2, 0.25) is 0 Å². The van der Waals surface area contributed by atoms with Gasteiger partial charge in [0.05, 0.1) is 0 Å². The molecule has 0 fully saturated rings. The molecular formula is C6H12N2. The number of aliphatic imine (C=N–C) groups is 2. The molecule has 2 nitrogen and oxygen atoms in total. The minimum absolute atomic E-state index is 0.582. The molecule has 46 valence electrons. The SMILES string of the molecule is CC=NCN=C(C)C. The molecule has 0 amide bonds. The van der Waals surface area contributed by atoms with Gasteiger partial charge in [-0.2, -0.15) is 0 Å². The van der Waals surface area contributed by atoms with Crippen molar-refractivity contribution in [1.82, 2.24) is 0 Å². The van der Waals surface area contributed by atoms with Crippen LogP contribution in [0.5, 0.6) is 0 Å². The van der Waals surface area contributed by atoms with Gasteiger partial charge in [-0.15, -0.1) is 0 Å². The third-order valence-electron chi connectivity index (χ3n) is 0.651. The normalized spacial score (nSPS) is 9.88. The van der Waals surface area contributed by atoms with E-state index < -0.39 is 0 Å². The predicted octanol–water partition coefficient (Wildman–Crippen LogP) is 1.52. The van der Waals surface area contributed by atoms with E-state index >= 15 is 0 Å². The van der Waals surface area contributed by atoms with Gasteiger partial charge in [0.15, 0.2) is 0 Å². The van der Waals surface area contributed by atoms with Crippen molar-refractivity contribution in [3.63, 3.8) is 0 Å². The van der Waals surface area contributed by atoms with Crippen molar-refractivity contribution >= 4 is 11.9 Å². The Balaban J connectivity index is 3.30. The van der Waals surface area contributed by atoms with Gasteiger partial charge in [0.1, 0.15) is 6.67 Å². The van der Waals surface area contributed by atoms with Crippen LogP contribution in [0.15, 0.2) is 9.98 Å². The molecule has 0 heterocycles. The van der Waals surface area contributed by atoms with E-state index in [2.05, 4.69) is 9.98 Å². The summed E-state index contributed by atoms with van der Waals surface area (Å²) in [6.45, 7) is 6.40. The van der Waals surface area contributed by atoms with Crippen LogP contribution in [-0.2, 0) is 0 Å². The van der Waals surface area contributed by atoms with Crippen LogP contribution < -0.4 is 0 Å². The lowest BCUT2D eigenvalue weighted by Gasteiger charge is -1.84. The Hall–Kier alpha value is -0.660. The van der Waals surface area contributed by atoms with E-state index in [0.717, 1.165) is 5.71 Å². The van der Waals surface area contributed by atoms with Crippen molar-refractivity contribution in [3.05, 3.63) is 0 Å². The lowest BCUT2D eigenvalue weighted by Crippen LogP contribution is -1.82. The highest BCUT2D eigenvalue weighted by Gasteiger charge is 1.71. The molecule has 0 atom stereocenters. The second kappa shape index (κ2) is 4.50. The van der Waals surface area contributed by atoms with Crippen molar-refractivity contribution in [3.8, 4) is 0 Å². The van der Waals surface area contributed by atoms with Gasteiger partial charge in [0.2, 0.25) is 0 Å². The minimum atomic E-state index is 0.582. The molecule has 0 saturated heterocycles. The highest BCUT2D eigenvalue weighted by molar-refractivity contribution is 5.79. The third kappa shape index (κ3) is 5.34. The number of rotatable bonds is 2. The lowest BCUT2D eigenvalue weighted by atomic mass is 10.5. The molecule has 0 aliphatic rings. The molecule has 0 aromatic heterocycles. The van der Waals surface area contributed by atoms with E-state index in [4.69, 9.17) is 0 Å². The summed E-state index contributed by atoms with van der Waals surface area (Å²) in [6.07, 6.45) is 1.76. The Kier molecular flexibility index (Phi) is 4.13. The first kappa shape index (κ1) is 7.34. The Morgan fingerprint density at radius 1 is 1.50 bits per heavy atom. The zero-order valence-corrected chi connectivity index (χ0v) is 5.68. The summed E-state index contributed by atoms with van der Waals surface area (Å²) in [6, 6.07) is 0. The smallest absolute Gasteiger partial charge is 0.128 e. The van der Waals surface area contributed by atoms with Crippen LogP contribution in [0.25, 0.3) is 0 Å². The summed E-state index contributed by atoms with van der Waals surface area (Å²) in [5, 5.41) is 0. The van der Waals surface area contributed by atoms with Gasteiger partial charge in [0.25, 0.3) is 0 Å². The largest absolute Gasteiger partial charge is 0.274 e. The molecule has 0 unspecified atom stereocenters. The highest BCUT2D eigenvalue weighted by Crippen LogP contribution is 1.74. The van der Waals surface area contributed by atoms with E-state index in [0.29, 0.717) is 6.67 Å². The van der Waals surface area contributed by atoms with Crippen molar-refractivity contribution < 1.29 is 0 Å². The first-order valence-electron chi connectivity index (χ1n) is 2.69. The van der Waals surface area contributed by atoms with Gasteiger partial charge in [0, 0.05) is 5.71 Å². The maximum absolute atomic E-state index is 4.03. The fourth-order valence-electron chi connectivity index (χ4n) is 0.264. The van der Waals surface area contributed by atoms with Gasteiger partial charge in [-0.1, -0.05) is 0 Å². The van der Waals surface area contributed by atoms with Gasteiger partial charge >= 0.3 is 0 Å². The van der Waals surface area contributed by atoms with Crippen LogP contribution in [0.4, 0.5) is 0 Å². The zero-order chi connectivity index (χ0) is 6.41. The Labute approximate surface area is 50.4 Å². The summed E-state index contributed by atoms with van der Waals surface area (Å²) < 4.78 is 0. The van der Waals surface area contributed by atoms with Crippen LogP contribution in [0.3, 0.4) is 0 Å². The minimum Gasteiger partial charge on any atom is -0.274 e. The van der Waals surface area contributed by atoms with Crippen molar-refractivity contribution in [2.24, 2.45) is 9.98 Å². The summed E-state index contributed by atoms with van der Waals surface area (Å²) in [4.78, 5) is 7.93. The quantitative estimate of drug-likeness (QED) is 0.484. The highest BCUT2D eigenvalue weighted by atomic mass is 14.9. The summed E-state index contributed by atoms with van der Waals surface area (Å²) >= 11 is 0. The summed E-state index contributed by atoms with van der Waals surface area (Å²) in [7, 11) is 0. The molecule has 0 aromatic rings. The maximum Gasteiger partial charge on any atom is 0.128 e. The molecule has 0 spiro atoms. The molecule has 0 N–H and O–H groups in total. The third-order valence-corrected chi connectivity index (χ3v) is 0.651. The van der Waals surface area contributed by atoms with Crippen LogP contribution >= 0.6 is 0 Å². The molecule has 0 aliphatic carbocycles. The van der Waals surface area contributed by atoms with Crippen molar-refractivity contribution in [1.29, 1.82) is 0 Å². The summed E-state index contributed by atoms with van der Waals surface area (Å²) in [5.41, 5.74) is 1.08. The second-order valence-electron chi connectivity index (χ2n) is 1.69. The predicted molar refractivity (Wildman–Crippen MR) is 37.8 cm³/mol. The van der Waals surface area contributed by atoms with E-state index in [9.17, 15) is 0 Å². The van der Waals surface area contributed by atoms with E-state index in [1.807, 2.05) is 20.8 Å². The Morgan fingerprint density at radius 2 is 2.12 bits per heavy atom.